The maximum absolute atomic E-state index is 11.7. The lowest BCUT2D eigenvalue weighted by Gasteiger charge is -2.24. The van der Waals surface area contributed by atoms with Gasteiger partial charge < -0.3 is 26.0 Å². The third-order valence-electron chi connectivity index (χ3n) is 3.13. The van der Waals surface area contributed by atoms with Crippen LogP contribution in [0.3, 0.4) is 0 Å². The number of benzene rings is 1. The highest BCUT2D eigenvalue weighted by atomic mass is 16.5. The number of nitrogens with one attached hydrogen (secondary N) is 2. The number of nitrogen functional groups attached to an aromatic ring is 1. The molecule has 0 spiro atoms. The molecule has 0 aromatic heterocycles. The average Bonchev–Trinajstić information content (AvgIpc) is 2.44. The number of hydrogen-bond donors (Lipinski definition) is 3. The summed E-state index contributed by atoms with van der Waals surface area (Å²) in [5.74, 6) is 0.262. The first-order valence-corrected chi connectivity index (χ1v) is 6.85. The van der Waals surface area contributed by atoms with Gasteiger partial charge in [-0.1, -0.05) is 6.92 Å². The minimum absolute atomic E-state index is 0.0128. The van der Waals surface area contributed by atoms with Crippen molar-refractivity contribution in [3.8, 4) is 5.75 Å². The van der Waals surface area contributed by atoms with Gasteiger partial charge in [0.2, 0.25) is 5.91 Å². The zero-order chi connectivity index (χ0) is 15.4. The van der Waals surface area contributed by atoms with Crippen LogP contribution in [0.25, 0.3) is 0 Å². The van der Waals surface area contributed by atoms with Crippen molar-refractivity contribution in [3.05, 3.63) is 12.1 Å². The monoisotopic (exact) mass is 292 g/mol. The Morgan fingerprint density at radius 1 is 1.52 bits per heavy atom. The zero-order valence-corrected chi connectivity index (χ0v) is 12.2. The van der Waals surface area contributed by atoms with Gasteiger partial charge in [-0.2, -0.15) is 0 Å². The van der Waals surface area contributed by atoms with Gasteiger partial charge in [0.15, 0.2) is 6.61 Å². The number of ether oxygens (including phenoxy) is 1. The van der Waals surface area contributed by atoms with Gasteiger partial charge in [-0.25, -0.2) is 0 Å². The van der Waals surface area contributed by atoms with Crippen LogP contribution in [-0.4, -0.2) is 38.6 Å². The maximum atomic E-state index is 11.7. The molecule has 2 rings (SSSR count). The Balaban J connectivity index is 2.13. The van der Waals surface area contributed by atoms with Crippen LogP contribution in [0.2, 0.25) is 0 Å². The Labute approximate surface area is 123 Å². The van der Waals surface area contributed by atoms with Crippen molar-refractivity contribution in [3.63, 3.8) is 0 Å². The minimum Gasteiger partial charge on any atom is -0.482 e. The number of likely N-dealkylation sites (N-methyl/N-ethyl adjacent to an activating group) is 1. The molecule has 7 heteroatoms. The zero-order valence-electron chi connectivity index (χ0n) is 12.2. The fourth-order valence-electron chi connectivity index (χ4n) is 2.08. The number of amides is 2. The standard InChI is InChI=1S/C14H20N4O3/c1-3-4-16-13(19)7-18(2)11-6-10-12(5-9(11)15)21-8-14(20)17-10/h5-6H,3-4,7-8,15H2,1-2H3,(H,16,19)(H,17,20). The first-order valence-electron chi connectivity index (χ1n) is 6.85. The van der Waals surface area contributed by atoms with E-state index in [4.69, 9.17) is 10.5 Å². The summed E-state index contributed by atoms with van der Waals surface area (Å²) in [5, 5.41) is 5.53. The van der Waals surface area contributed by atoms with Crippen LogP contribution >= 0.6 is 0 Å². The predicted octanol–water partition coefficient (Wildman–Crippen LogP) is 0.562. The van der Waals surface area contributed by atoms with E-state index in [0.717, 1.165) is 6.42 Å². The highest BCUT2D eigenvalue weighted by Gasteiger charge is 2.19. The lowest BCUT2D eigenvalue weighted by atomic mass is 10.2. The molecular formula is C14H20N4O3. The number of carbonyl (C=O) groups is 2. The van der Waals surface area contributed by atoms with E-state index in [1.807, 2.05) is 6.92 Å². The minimum atomic E-state index is -0.207. The van der Waals surface area contributed by atoms with Gasteiger partial charge in [0, 0.05) is 19.7 Å². The van der Waals surface area contributed by atoms with Crippen LogP contribution in [0, 0.1) is 0 Å². The summed E-state index contributed by atoms with van der Waals surface area (Å²) in [6, 6.07) is 3.37. The van der Waals surface area contributed by atoms with Crippen LogP contribution in [-0.2, 0) is 9.59 Å². The summed E-state index contributed by atoms with van der Waals surface area (Å²) in [5.41, 5.74) is 7.72. The van der Waals surface area contributed by atoms with Gasteiger partial charge in [0.05, 0.1) is 23.6 Å². The molecule has 0 atom stereocenters. The molecule has 0 saturated heterocycles. The fraction of sp³-hybridized carbons (Fsp3) is 0.429. The summed E-state index contributed by atoms with van der Waals surface area (Å²) >= 11 is 0. The number of nitrogens with zero attached hydrogens (tertiary/aromatic N) is 1. The third-order valence-corrected chi connectivity index (χ3v) is 3.13. The van der Waals surface area contributed by atoms with Gasteiger partial charge in [-0.15, -0.1) is 0 Å². The van der Waals surface area contributed by atoms with Crippen LogP contribution in [0.4, 0.5) is 17.1 Å². The van der Waals surface area contributed by atoms with Gasteiger partial charge in [0.1, 0.15) is 5.75 Å². The Morgan fingerprint density at radius 2 is 2.29 bits per heavy atom. The Morgan fingerprint density at radius 3 is 3.00 bits per heavy atom. The highest BCUT2D eigenvalue weighted by Crippen LogP contribution is 2.36. The van der Waals surface area contributed by atoms with Gasteiger partial charge in [-0.3, -0.25) is 9.59 Å². The van der Waals surface area contributed by atoms with Crippen LogP contribution in [0.5, 0.6) is 5.75 Å². The molecule has 1 aromatic rings. The van der Waals surface area contributed by atoms with E-state index in [1.54, 1.807) is 24.1 Å². The predicted molar refractivity (Wildman–Crippen MR) is 81.5 cm³/mol. The molecule has 21 heavy (non-hydrogen) atoms. The average molecular weight is 292 g/mol. The number of carbonyl (C=O) groups excluding carboxylic acids is 2. The summed E-state index contributed by atoms with van der Waals surface area (Å²) in [6.07, 6.45) is 0.889. The lowest BCUT2D eigenvalue weighted by Crippen LogP contribution is -2.36. The molecule has 0 unspecified atom stereocenters. The Bertz CT molecular complexity index is 559. The molecule has 2 amide bonds. The van der Waals surface area contributed by atoms with E-state index in [0.29, 0.717) is 29.4 Å². The van der Waals surface area contributed by atoms with Gasteiger partial charge in [-0.05, 0) is 12.5 Å². The number of anilines is 3. The summed E-state index contributed by atoms with van der Waals surface area (Å²) < 4.78 is 5.30. The topological polar surface area (TPSA) is 96.7 Å². The van der Waals surface area contributed by atoms with Gasteiger partial charge >= 0.3 is 0 Å². The van der Waals surface area contributed by atoms with E-state index in [9.17, 15) is 9.59 Å². The third kappa shape index (κ3) is 3.56. The second-order valence-electron chi connectivity index (χ2n) is 4.95. The van der Waals surface area contributed by atoms with Crippen molar-refractivity contribution in [2.24, 2.45) is 0 Å². The number of rotatable bonds is 5. The Hall–Kier alpha value is -2.44. The van der Waals surface area contributed by atoms with Crippen molar-refractivity contribution >= 4 is 28.9 Å². The smallest absolute Gasteiger partial charge is 0.262 e. The molecule has 0 aliphatic carbocycles. The quantitative estimate of drug-likeness (QED) is 0.689. The van der Waals surface area contributed by atoms with Crippen LogP contribution in [0.1, 0.15) is 13.3 Å². The molecule has 1 aliphatic rings. The molecule has 1 aliphatic heterocycles. The fourth-order valence-corrected chi connectivity index (χ4v) is 2.08. The number of nitrogens with two attached hydrogens (primary N) is 1. The summed E-state index contributed by atoms with van der Waals surface area (Å²) in [6.45, 7) is 2.82. The number of fused-ring (bicyclic) bond motifs is 1. The molecule has 0 saturated carbocycles. The molecule has 0 bridgehead atoms. The summed E-state index contributed by atoms with van der Waals surface area (Å²) in [4.78, 5) is 24.8. The van der Waals surface area contributed by atoms with Crippen LogP contribution in [0.15, 0.2) is 12.1 Å². The van der Waals surface area contributed by atoms with Crippen molar-refractivity contribution in [1.82, 2.24) is 5.32 Å². The molecular weight excluding hydrogens is 272 g/mol. The van der Waals surface area contributed by atoms with Crippen molar-refractivity contribution in [1.29, 1.82) is 0 Å². The summed E-state index contributed by atoms with van der Waals surface area (Å²) in [7, 11) is 1.77. The van der Waals surface area contributed by atoms with E-state index >= 15 is 0 Å². The van der Waals surface area contributed by atoms with Crippen molar-refractivity contribution in [2.75, 3.05) is 42.7 Å². The molecule has 0 fully saturated rings. The molecule has 1 heterocycles. The molecule has 7 nitrogen and oxygen atoms in total. The highest BCUT2D eigenvalue weighted by molar-refractivity contribution is 5.97. The van der Waals surface area contributed by atoms with E-state index in [2.05, 4.69) is 10.6 Å². The first kappa shape index (κ1) is 15.0. The maximum Gasteiger partial charge on any atom is 0.262 e. The second kappa shape index (κ2) is 6.34. The first-order chi connectivity index (χ1) is 10.0. The molecule has 4 N–H and O–H groups in total. The van der Waals surface area contributed by atoms with Crippen molar-refractivity contribution < 1.29 is 14.3 Å². The van der Waals surface area contributed by atoms with E-state index < -0.39 is 0 Å². The Kier molecular flexibility index (Phi) is 4.52. The van der Waals surface area contributed by atoms with Gasteiger partial charge in [0.25, 0.3) is 5.91 Å². The number of hydrogen-bond acceptors (Lipinski definition) is 5. The van der Waals surface area contributed by atoms with E-state index in [1.165, 1.54) is 0 Å². The van der Waals surface area contributed by atoms with Crippen molar-refractivity contribution in [2.45, 2.75) is 13.3 Å². The normalized spacial score (nSPS) is 13.0. The SMILES string of the molecule is CCCNC(=O)CN(C)c1cc2c(cc1N)OCC(=O)N2. The second-order valence-corrected chi connectivity index (χ2v) is 4.95. The van der Waals surface area contributed by atoms with Crippen LogP contribution < -0.4 is 26.0 Å². The molecule has 114 valence electrons. The lowest BCUT2D eigenvalue weighted by molar-refractivity contribution is -0.120. The largest absolute Gasteiger partial charge is 0.482 e. The van der Waals surface area contributed by atoms with E-state index in [-0.39, 0.29) is 25.0 Å². The molecule has 1 aromatic carbocycles. The molecule has 0 radical (unpaired) electrons.